The summed E-state index contributed by atoms with van der Waals surface area (Å²) in [5.74, 6) is 1.23. The quantitative estimate of drug-likeness (QED) is 0.869. The van der Waals surface area contributed by atoms with Crippen molar-refractivity contribution in [1.29, 1.82) is 0 Å². The number of amides is 2. The number of carbonyl (C=O) groups is 2. The van der Waals surface area contributed by atoms with Crippen LogP contribution in [0.5, 0.6) is 0 Å². The molecular weight excluding hydrogens is 270 g/mol. The average molecular weight is 293 g/mol. The van der Waals surface area contributed by atoms with Crippen molar-refractivity contribution < 1.29 is 14.0 Å². The molecule has 1 fully saturated rings. The van der Waals surface area contributed by atoms with E-state index in [1.165, 1.54) is 0 Å². The Morgan fingerprint density at radius 2 is 2.00 bits per heavy atom. The third kappa shape index (κ3) is 3.64. The van der Waals surface area contributed by atoms with Crippen LogP contribution in [-0.4, -0.2) is 41.9 Å². The van der Waals surface area contributed by atoms with Crippen molar-refractivity contribution in [3.63, 3.8) is 0 Å². The van der Waals surface area contributed by atoms with E-state index in [1.807, 2.05) is 6.92 Å². The summed E-state index contributed by atoms with van der Waals surface area (Å²) in [6.45, 7) is 6.57. The summed E-state index contributed by atoms with van der Waals surface area (Å²) in [6, 6.07) is 1.37. The molecule has 0 radical (unpaired) electrons. The van der Waals surface area contributed by atoms with E-state index in [0.29, 0.717) is 24.4 Å². The number of nitrogens with one attached hydrogen (secondary N) is 1. The van der Waals surface area contributed by atoms with Gasteiger partial charge in [-0.15, -0.1) is 0 Å². The van der Waals surface area contributed by atoms with E-state index in [2.05, 4.69) is 5.32 Å². The number of hydrogen-bond donors (Lipinski definition) is 2. The standard InChI is InChI=1S/C15H23N3O3/c1-9-8-13(11(3)21-9)14(19)17-12-4-6-18(7-5-12)15(20)10(2)16/h8,10,12H,4-7,16H2,1-3H3,(H,17,19)/t10-/m1/s1. The number of likely N-dealkylation sites (tertiary alicyclic amines) is 1. The lowest BCUT2D eigenvalue weighted by atomic mass is 10.0. The van der Waals surface area contributed by atoms with Crippen molar-refractivity contribution in [3.05, 3.63) is 23.2 Å². The summed E-state index contributed by atoms with van der Waals surface area (Å²) in [5.41, 5.74) is 6.19. The Morgan fingerprint density at radius 1 is 1.38 bits per heavy atom. The van der Waals surface area contributed by atoms with Gasteiger partial charge < -0.3 is 20.4 Å². The third-order valence-corrected chi connectivity index (χ3v) is 3.82. The van der Waals surface area contributed by atoms with Gasteiger partial charge in [0, 0.05) is 19.1 Å². The molecule has 0 saturated carbocycles. The molecular formula is C15H23N3O3. The Hall–Kier alpha value is -1.82. The van der Waals surface area contributed by atoms with E-state index in [4.69, 9.17) is 10.2 Å². The Kier molecular flexibility index (Phi) is 4.67. The lowest BCUT2D eigenvalue weighted by Gasteiger charge is -2.33. The van der Waals surface area contributed by atoms with Crippen LogP contribution in [-0.2, 0) is 4.79 Å². The molecule has 6 heteroatoms. The van der Waals surface area contributed by atoms with Crippen LogP contribution < -0.4 is 11.1 Å². The van der Waals surface area contributed by atoms with Crippen LogP contribution in [0.1, 0.15) is 41.6 Å². The van der Waals surface area contributed by atoms with Gasteiger partial charge in [0.05, 0.1) is 11.6 Å². The highest BCUT2D eigenvalue weighted by molar-refractivity contribution is 5.95. The van der Waals surface area contributed by atoms with Gasteiger partial charge in [-0.25, -0.2) is 0 Å². The Morgan fingerprint density at radius 3 is 2.48 bits per heavy atom. The number of hydrogen-bond acceptors (Lipinski definition) is 4. The Labute approximate surface area is 124 Å². The number of piperidine rings is 1. The van der Waals surface area contributed by atoms with E-state index >= 15 is 0 Å². The van der Waals surface area contributed by atoms with Crippen molar-refractivity contribution in [2.45, 2.75) is 45.7 Å². The molecule has 2 heterocycles. The number of aryl methyl sites for hydroxylation is 2. The first-order valence-electron chi connectivity index (χ1n) is 7.30. The van der Waals surface area contributed by atoms with Gasteiger partial charge in [-0.1, -0.05) is 0 Å². The maximum absolute atomic E-state index is 12.2. The summed E-state index contributed by atoms with van der Waals surface area (Å²) in [4.78, 5) is 25.8. The molecule has 0 bridgehead atoms. The molecule has 1 aromatic heterocycles. The minimum absolute atomic E-state index is 0.0268. The normalized spacial score (nSPS) is 17.6. The molecule has 1 atom stereocenters. The number of nitrogens with two attached hydrogens (primary N) is 1. The fraction of sp³-hybridized carbons (Fsp3) is 0.600. The predicted octanol–water partition coefficient (Wildman–Crippen LogP) is 0.964. The largest absolute Gasteiger partial charge is 0.466 e. The van der Waals surface area contributed by atoms with Crippen molar-refractivity contribution >= 4 is 11.8 Å². The van der Waals surface area contributed by atoms with Gasteiger partial charge >= 0.3 is 0 Å². The first kappa shape index (κ1) is 15.6. The van der Waals surface area contributed by atoms with E-state index in [0.717, 1.165) is 18.6 Å². The van der Waals surface area contributed by atoms with Crippen molar-refractivity contribution in [3.8, 4) is 0 Å². The second-order valence-corrected chi connectivity index (χ2v) is 5.69. The monoisotopic (exact) mass is 293 g/mol. The molecule has 1 aliphatic rings. The molecule has 1 saturated heterocycles. The highest BCUT2D eigenvalue weighted by Gasteiger charge is 2.26. The summed E-state index contributed by atoms with van der Waals surface area (Å²) in [6.07, 6.45) is 1.50. The molecule has 0 spiro atoms. The minimum atomic E-state index is -0.465. The minimum Gasteiger partial charge on any atom is -0.466 e. The molecule has 21 heavy (non-hydrogen) atoms. The molecule has 2 rings (SSSR count). The fourth-order valence-corrected chi connectivity index (χ4v) is 2.65. The van der Waals surface area contributed by atoms with Crippen molar-refractivity contribution in [1.82, 2.24) is 10.2 Å². The second kappa shape index (κ2) is 6.30. The summed E-state index contributed by atoms with van der Waals surface area (Å²) >= 11 is 0. The SMILES string of the molecule is Cc1cc(C(=O)NC2CCN(C(=O)[C@@H](C)N)CC2)c(C)o1. The van der Waals surface area contributed by atoms with E-state index < -0.39 is 6.04 Å². The van der Waals surface area contributed by atoms with Gasteiger partial charge in [0.25, 0.3) is 5.91 Å². The summed E-state index contributed by atoms with van der Waals surface area (Å²) in [5, 5.41) is 3.01. The van der Waals surface area contributed by atoms with E-state index in [1.54, 1.807) is 24.8 Å². The molecule has 0 aliphatic carbocycles. The van der Waals surface area contributed by atoms with E-state index in [-0.39, 0.29) is 17.9 Å². The number of rotatable bonds is 3. The number of carbonyl (C=O) groups excluding carboxylic acids is 2. The Bertz CT molecular complexity index is 528. The van der Waals surface area contributed by atoms with Gasteiger partial charge in [-0.05, 0) is 39.7 Å². The molecule has 3 N–H and O–H groups in total. The maximum Gasteiger partial charge on any atom is 0.255 e. The zero-order chi connectivity index (χ0) is 15.6. The second-order valence-electron chi connectivity index (χ2n) is 5.69. The molecule has 2 amide bonds. The lowest BCUT2D eigenvalue weighted by Crippen LogP contribution is -2.50. The predicted molar refractivity (Wildman–Crippen MR) is 78.9 cm³/mol. The Balaban J connectivity index is 1.88. The zero-order valence-corrected chi connectivity index (χ0v) is 12.8. The van der Waals surface area contributed by atoms with Crippen LogP contribution >= 0.6 is 0 Å². The number of furan rings is 1. The van der Waals surface area contributed by atoms with Crippen LogP contribution in [0.25, 0.3) is 0 Å². The van der Waals surface area contributed by atoms with Crippen LogP contribution in [0.2, 0.25) is 0 Å². The number of nitrogens with zero attached hydrogens (tertiary/aromatic N) is 1. The maximum atomic E-state index is 12.2. The average Bonchev–Trinajstić information content (AvgIpc) is 2.77. The first-order chi connectivity index (χ1) is 9.88. The smallest absolute Gasteiger partial charge is 0.255 e. The van der Waals surface area contributed by atoms with Crippen molar-refractivity contribution in [2.24, 2.45) is 5.73 Å². The van der Waals surface area contributed by atoms with Crippen LogP contribution in [0, 0.1) is 13.8 Å². The van der Waals surface area contributed by atoms with Gasteiger partial charge in [0.15, 0.2) is 0 Å². The van der Waals surface area contributed by atoms with Crippen LogP contribution in [0.3, 0.4) is 0 Å². The highest BCUT2D eigenvalue weighted by Crippen LogP contribution is 2.16. The molecule has 0 aromatic carbocycles. The molecule has 6 nitrogen and oxygen atoms in total. The summed E-state index contributed by atoms with van der Waals surface area (Å²) < 4.78 is 5.37. The topological polar surface area (TPSA) is 88.6 Å². The first-order valence-corrected chi connectivity index (χ1v) is 7.30. The van der Waals surface area contributed by atoms with Crippen LogP contribution in [0.15, 0.2) is 10.5 Å². The lowest BCUT2D eigenvalue weighted by molar-refractivity contribution is -0.133. The van der Waals surface area contributed by atoms with Gasteiger partial charge in [-0.3, -0.25) is 9.59 Å². The molecule has 1 aliphatic heterocycles. The highest BCUT2D eigenvalue weighted by atomic mass is 16.3. The van der Waals surface area contributed by atoms with E-state index in [9.17, 15) is 9.59 Å². The fourth-order valence-electron chi connectivity index (χ4n) is 2.65. The van der Waals surface area contributed by atoms with Gasteiger partial charge in [0.1, 0.15) is 11.5 Å². The van der Waals surface area contributed by atoms with Crippen molar-refractivity contribution in [2.75, 3.05) is 13.1 Å². The zero-order valence-electron chi connectivity index (χ0n) is 12.8. The summed E-state index contributed by atoms with van der Waals surface area (Å²) in [7, 11) is 0. The third-order valence-electron chi connectivity index (χ3n) is 3.82. The molecule has 0 unspecified atom stereocenters. The molecule has 116 valence electrons. The van der Waals surface area contributed by atoms with Crippen LogP contribution in [0.4, 0.5) is 0 Å². The van der Waals surface area contributed by atoms with Gasteiger partial charge in [-0.2, -0.15) is 0 Å². The molecule has 1 aromatic rings. The van der Waals surface area contributed by atoms with Gasteiger partial charge in [0.2, 0.25) is 5.91 Å².